The maximum absolute atomic E-state index is 5.49. The predicted octanol–water partition coefficient (Wildman–Crippen LogP) is 2.13. The Labute approximate surface area is 77.3 Å². The van der Waals surface area contributed by atoms with Gasteiger partial charge in [0.1, 0.15) is 0 Å². The molecule has 0 saturated heterocycles. The van der Waals surface area contributed by atoms with Crippen LogP contribution in [0.25, 0.3) is 0 Å². The average molecular weight is 185 g/mol. The minimum atomic E-state index is 0.299. The average Bonchev–Trinajstić information content (AvgIpc) is 2.48. The Balaban J connectivity index is 2.41. The SMILES string of the molecule is CC(C)OCc1ccc(CN)s1. The van der Waals surface area contributed by atoms with Crippen molar-refractivity contribution in [3.05, 3.63) is 21.9 Å². The summed E-state index contributed by atoms with van der Waals surface area (Å²) in [6.45, 7) is 5.42. The van der Waals surface area contributed by atoms with E-state index in [0.29, 0.717) is 19.3 Å². The first-order chi connectivity index (χ1) is 5.72. The van der Waals surface area contributed by atoms with Crippen LogP contribution in [0, 0.1) is 0 Å². The lowest BCUT2D eigenvalue weighted by Crippen LogP contribution is -2.00. The zero-order chi connectivity index (χ0) is 8.97. The molecule has 0 aliphatic carbocycles. The Kier molecular flexibility index (Phi) is 3.72. The second-order valence-electron chi connectivity index (χ2n) is 2.93. The molecule has 0 aliphatic rings. The van der Waals surface area contributed by atoms with Gasteiger partial charge in [-0.3, -0.25) is 0 Å². The standard InChI is InChI=1S/C9H15NOS/c1-7(2)11-6-9-4-3-8(5-10)12-9/h3-4,7H,5-6,10H2,1-2H3. The van der Waals surface area contributed by atoms with E-state index >= 15 is 0 Å². The molecule has 3 heteroatoms. The van der Waals surface area contributed by atoms with Crippen molar-refractivity contribution >= 4 is 11.3 Å². The van der Waals surface area contributed by atoms with Gasteiger partial charge in [0.2, 0.25) is 0 Å². The minimum Gasteiger partial charge on any atom is -0.373 e. The van der Waals surface area contributed by atoms with E-state index in [1.807, 2.05) is 13.8 Å². The van der Waals surface area contributed by atoms with Crippen molar-refractivity contribution in [2.75, 3.05) is 0 Å². The van der Waals surface area contributed by atoms with Crippen LogP contribution in [0.5, 0.6) is 0 Å². The molecule has 0 aromatic carbocycles. The van der Waals surface area contributed by atoms with Gasteiger partial charge in [-0.15, -0.1) is 11.3 Å². The highest BCUT2D eigenvalue weighted by Crippen LogP contribution is 2.16. The molecule has 68 valence electrons. The first-order valence-electron chi connectivity index (χ1n) is 4.11. The summed E-state index contributed by atoms with van der Waals surface area (Å²) in [7, 11) is 0. The predicted molar refractivity (Wildman–Crippen MR) is 52.1 cm³/mol. The lowest BCUT2D eigenvalue weighted by molar-refractivity contribution is 0.0674. The monoisotopic (exact) mass is 185 g/mol. The van der Waals surface area contributed by atoms with Crippen molar-refractivity contribution in [1.82, 2.24) is 0 Å². The molecule has 0 spiro atoms. The number of rotatable bonds is 4. The number of ether oxygens (including phenoxy) is 1. The number of nitrogens with two attached hydrogens (primary N) is 1. The molecule has 1 aromatic rings. The van der Waals surface area contributed by atoms with E-state index in [2.05, 4.69) is 12.1 Å². The molecule has 0 atom stereocenters. The summed E-state index contributed by atoms with van der Waals surface area (Å²) < 4.78 is 5.46. The second-order valence-corrected chi connectivity index (χ2v) is 4.18. The highest BCUT2D eigenvalue weighted by molar-refractivity contribution is 7.11. The highest BCUT2D eigenvalue weighted by atomic mass is 32.1. The molecule has 12 heavy (non-hydrogen) atoms. The quantitative estimate of drug-likeness (QED) is 0.780. The second kappa shape index (κ2) is 4.60. The summed E-state index contributed by atoms with van der Waals surface area (Å²) in [5.41, 5.74) is 5.49. The van der Waals surface area contributed by atoms with E-state index in [1.54, 1.807) is 11.3 Å². The zero-order valence-electron chi connectivity index (χ0n) is 7.54. The van der Waals surface area contributed by atoms with Gasteiger partial charge in [0.05, 0.1) is 12.7 Å². The molecule has 0 radical (unpaired) electrons. The lowest BCUT2D eigenvalue weighted by atomic mass is 10.4. The smallest absolute Gasteiger partial charge is 0.0812 e. The first-order valence-corrected chi connectivity index (χ1v) is 4.93. The van der Waals surface area contributed by atoms with Crippen molar-refractivity contribution < 1.29 is 4.74 Å². The van der Waals surface area contributed by atoms with Gasteiger partial charge in [0, 0.05) is 16.3 Å². The maximum Gasteiger partial charge on any atom is 0.0812 e. The van der Waals surface area contributed by atoms with E-state index in [9.17, 15) is 0 Å². The van der Waals surface area contributed by atoms with Gasteiger partial charge in [-0.25, -0.2) is 0 Å². The summed E-state index contributed by atoms with van der Waals surface area (Å²) >= 11 is 1.72. The topological polar surface area (TPSA) is 35.2 Å². The molecule has 0 aliphatic heterocycles. The molecule has 1 heterocycles. The summed E-state index contributed by atoms with van der Waals surface area (Å²) in [5.74, 6) is 0. The molecule has 0 unspecified atom stereocenters. The fourth-order valence-electron chi connectivity index (χ4n) is 0.858. The number of hydrogen-bond donors (Lipinski definition) is 1. The Morgan fingerprint density at radius 2 is 2.08 bits per heavy atom. The van der Waals surface area contributed by atoms with Crippen molar-refractivity contribution in [2.45, 2.75) is 33.1 Å². The van der Waals surface area contributed by atoms with E-state index in [1.165, 1.54) is 9.75 Å². The van der Waals surface area contributed by atoms with Crippen LogP contribution >= 0.6 is 11.3 Å². The number of hydrogen-bond acceptors (Lipinski definition) is 3. The van der Waals surface area contributed by atoms with E-state index < -0.39 is 0 Å². The van der Waals surface area contributed by atoms with Crippen LogP contribution in [0.15, 0.2) is 12.1 Å². The molecule has 0 amide bonds. The summed E-state index contributed by atoms with van der Waals surface area (Å²) in [6.07, 6.45) is 0.299. The Hall–Kier alpha value is -0.380. The molecule has 0 fully saturated rings. The van der Waals surface area contributed by atoms with Crippen LogP contribution in [0.1, 0.15) is 23.6 Å². The van der Waals surface area contributed by atoms with Crippen LogP contribution in [0.2, 0.25) is 0 Å². The molecule has 1 aromatic heterocycles. The van der Waals surface area contributed by atoms with Crippen LogP contribution < -0.4 is 5.73 Å². The Morgan fingerprint density at radius 3 is 2.58 bits per heavy atom. The summed E-state index contributed by atoms with van der Waals surface area (Å²) in [5, 5.41) is 0. The van der Waals surface area contributed by atoms with Crippen molar-refractivity contribution in [1.29, 1.82) is 0 Å². The minimum absolute atomic E-state index is 0.299. The van der Waals surface area contributed by atoms with Crippen LogP contribution in [0.3, 0.4) is 0 Å². The third kappa shape index (κ3) is 2.93. The maximum atomic E-state index is 5.49. The van der Waals surface area contributed by atoms with Crippen molar-refractivity contribution in [3.63, 3.8) is 0 Å². The van der Waals surface area contributed by atoms with Gasteiger partial charge in [0.15, 0.2) is 0 Å². The summed E-state index contributed by atoms with van der Waals surface area (Å²) in [6, 6.07) is 4.14. The van der Waals surface area contributed by atoms with Crippen LogP contribution in [0.4, 0.5) is 0 Å². The molecule has 2 nitrogen and oxygen atoms in total. The van der Waals surface area contributed by atoms with Crippen molar-refractivity contribution in [3.8, 4) is 0 Å². The Bertz CT molecular complexity index is 232. The Morgan fingerprint density at radius 1 is 1.42 bits per heavy atom. The number of thiophene rings is 1. The largest absolute Gasteiger partial charge is 0.373 e. The third-order valence-corrected chi connectivity index (χ3v) is 2.56. The molecular weight excluding hydrogens is 170 g/mol. The van der Waals surface area contributed by atoms with Gasteiger partial charge in [-0.05, 0) is 26.0 Å². The molecule has 0 saturated carbocycles. The van der Waals surface area contributed by atoms with E-state index in [4.69, 9.17) is 10.5 Å². The van der Waals surface area contributed by atoms with Gasteiger partial charge in [0.25, 0.3) is 0 Å². The van der Waals surface area contributed by atoms with Gasteiger partial charge >= 0.3 is 0 Å². The fraction of sp³-hybridized carbons (Fsp3) is 0.556. The normalized spacial score (nSPS) is 11.0. The molecule has 0 bridgehead atoms. The molecule has 1 rings (SSSR count). The lowest BCUT2D eigenvalue weighted by Gasteiger charge is -2.04. The van der Waals surface area contributed by atoms with Gasteiger partial charge in [-0.2, -0.15) is 0 Å². The van der Waals surface area contributed by atoms with Crippen LogP contribution in [-0.2, 0) is 17.9 Å². The zero-order valence-corrected chi connectivity index (χ0v) is 8.36. The molecule has 2 N–H and O–H groups in total. The highest BCUT2D eigenvalue weighted by Gasteiger charge is 1.99. The fourth-order valence-corrected chi connectivity index (χ4v) is 1.68. The van der Waals surface area contributed by atoms with Gasteiger partial charge < -0.3 is 10.5 Å². The van der Waals surface area contributed by atoms with E-state index in [-0.39, 0.29) is 0 Å². The summed E-state index contributed by atoms with van der Waals surface area (Å²) in [4.78, 5) is 2.47. The first kappa shape index (κ1) is 9.71. The van der Waals surface area contributed by atoms with Gasteiger partial charge in [-0.1, -0.05) is 0 Å². The third-order valence-electron chi connectivity index (χ3n) is 1.48. The van der Waals surface area contributed by atoms with E-state index in [0.717, 1.165) is 0 Å². The molecular formula is C9H15NOS. The van der Waals surface area contributed by atoms with Crippen molar-refractivity contribution in [2.24, 2.45) is 5.73 Å². The van der Waals surface area contributed by atoms with Crippen LogP contribution in [-0.4, -0.2) is 6.10 Å².